The van der Waals surface area contributed by atoms with Crippen LogP contribution in [0.2, 0.25) is 0 Å². The van der Waals surface area contributed by atoms with Crippen molar-refractivity contribution in [3.05, 3.63) is 81.2 Å². The molecule has 3 heterocycles. The van der Waals surface area contributed by atoms with Crippen LogP contribution in [0.5, 0.6) is 0 Å². The van der Waals surface area contributed by atoms with Gasteiger partial charge >= 0.3 is 0 Å². The van der Waals surface area contributed by atoms with Gasteiger partial charge in [0, 0.05) is 23.1 Å². The highest BCUT2D eigenvalue weighted by Gasteiger charge is 2.16. The van der Waals surface area contributed by atoms with Crippen LogP contribution in [-0.2, 0) is 12.8 Å². The summed E-state index contributed by atoms with van der Waals surface area (Å²) >= 11 is 0. The number of carbonyl (C=O) groups excluding carboxylic acids is 1. The maximum Gasteiger partial charge on any atom is 0.274 e. The van der Waals surface area contributed by atoms with Gasteiger partial charge < -0.3 is 10.3 Å². The molecule has 0 bridgehead atoms. The van der Waals surface area contributed by atoms with E-state index in [9.17, 15) is 9.59 Å². The van der Waals surface area contributed by atoms with Crippen LogP contribution in [0.4, 0.5) is 5.69 Å². The molecule has 3 N–H and O–H groups in total. The van der Waals surface area contributed by atoms with Gasteiger partial charge in [0.15, 0.2) is 0 Å². The molecule has 8 nitrogen and oxygen atoms in total. The van der Waals surface area contributed by atoms with E-state index in [-0.39, 0.29) is 11.5 Å². The maximum absolute atomic E-state index is 12.6. The largest absolute Gasteiger partial charge is 0.343 e. The van der Waals surface area contributed by atoms with Gasteiger partial charge in [-0.25, -0.2) is 0 Å². The van der Waals surface area contributed by atoms with Crippen LogP contribution in [0, 0.1) is 13.8 Å². The van der Waals surface area contributed by atoms with Gasteiger partial charge in [-0.05, 0) is 44.4 Å². The average Bonchev–Trinajstić information content (AvgIpc) is 3.25. The minimum Gasteiger partial charge on any atom is -0.343 e. The Bertz CT molecular complexity index is 1180. The lowest BCUT2D eigenvalue weighted by Crippen LogP contribution is -2.18. The Morgan fingerprint density at radius 2 is 1.96 bits per heavy atom. The summed E-state index contributed by atoms with van der Waals surface area (Å²) in [6.45, 7) is 3.93. The van der Waals surface area contributed by atoms with Crippen molar-refractivity contribution in [1.29, 1.82) is 0 Å². The second-order valence-corrected chi connectivity index (χ2v) is 6.68. The van der Waals surface area contributed by atoms with Gasteiger partial charge in [0.25, 0.3) is 11.5 Å². The van der Waals surface area contributed by atoms with Crippen molar-refractivity contribution in [3.63, 3.8) is 0 Å². The molecular formula is C20H20N6O2. The van der Waals surface area contributed by atoms with Crippen molar-refractivity contribution in [1.82, 2.24) is 24.8 Å². The van der Waals surface area contributed by atoms with E-state index in [1.54, 1.807) is 12.1 Å². The van der Waals surface area contributed by atoms with Gasteiger partial charge in [0.05, 0.1) is 11.9 Å². The number of hydrogen-bond acceptors (Lipinski definition) is 4. The molecule has 0 spiro atoms. The van der Waals surface area contributed by atoms with Crippen molar-refractivity contribution < 1.29 is 4.79 Å². The first kappa shape index (κ1) is 17.7. The first-order valence-electron chi connectivity index (χ1n) is 8.99. The van der Waals surface area contributed by atoms with Crippen LogP contribution < -0.4 is 10.9 Å². The fourth-order valence-electron chi connectivity index (χ4n) is 3.26. The molecule has 0 saturated heterocycles. The number of aromatic nitrogens is 5. The molecule has 8 heteroatoms. The van der Waals surface area contributed by atoms with Gasteiger partial charge in [-0.3, -0.25) is 14.7 Å². The zero-order chi connectivity index (χ0) is 19.7. The van der Waals surface area contributed by atoms with Gasteiger partial charge in [0.2, 0.25) is 0 Å². The molecule has 0 aliphatic heterocycles. The second-order valence-electron chi connectivity index (χ2n) is 6.68. The minimum atomic E-state index is -0.324. The lowest BCUT2D eigenvalue weighted by molar-refractivity contribution is 0.102. The van der Waals surface area contributed by atoms with Crippen molar-refractivity contribution in [2.75, 3.05) is 5.32 Å². The predicted octanol–water partition coefficient (Wildman–Crippen LogP) is 2.40. The number of hydrogen-bond donors (Lipinski definition) is 3. The molecule has 0 radical (unpaired) electrons. The number of nitrogens with one attached hydrogen (secondary N) is 3. The molecule has 1 aromatic carbocycles. The van der Waals surface area contributed by atoms with E-state index in [1.165, 1.54) is 16.8 Å². The van der Waals surface area contributed by atoms with Gasteiger partial charge in [-0.2, -0.15) is 14.7 Å². The molecule has 0 aliphatic carbocycles. The number of para-hydroxylation sites is 1. The van der Waals surface area contributed by atoms with E-state index in [1.807, 2.05) is 32.0 Å². The van der Waals surface area contributed by atoms with E-state index >= 15 is 0 Å². The lowest BCUT2D eigenvalue weighted by Gasteiger charge is -2.06. The number of benzene rings is 1. The zero-order valence-electron chi connectivity index (χ0n) is 15.6. The van der Waals surface area contributed by atoms with Gasteiger partial charge in [0.1, 0.15) is 11.2 Å². The topological polar surface area (TPSA) is 108 Å². The molecule has 0 unspecified atom stereocenters. The number of nitrogens with zero attached hydrogens (tertiary/aromatic N) is 3. The second kappa shape index (κ2) is 7.15. The Labute approximate surface area is 160 Å². The van der Waals surface area contributed by atoms with E-state index in [0.29, 0.717) is 23.3 Å². The summed E-state index contributed by atoms with van der Waals surface area (Å²) in [7, 11) is 0. The molecule has 1 amide bonds. The molecule has 4 rings (SSSR count). The van der Waals surface area contributed by atoms with Crippen LogP contribution in [-0.4, -0.2) is 30.7 Å². The number of fused-ring (bicyclic) bond motifs is 1. The summed E-state index contributed by atoms with van der Waals surface area (Å²) in [5.41, 5.74) is 4.96. The molecule has 0 saturated carbocycles. The molecular weight excluding hydrogens is 356 g/mol. The minimum absolute atomic E-state index is 0.275. The number of anilines is 1. The first-order valence-corrected chi connectivity index (χ1v) is 8.99. The summed E-state index contributed by atoms with van der Waals surface area (Å²) in [6.07, 6.45) is 2.76. The summed E-state index contributed by atoms with van der Waals surface area (Å²) in [5.74, 6) is -0.324. The van der Waals surface area contributed by atoms with E-state index in [4.69, 9.17) is 0 Å². The monoisotopic (exact) mass is 376 g/mol. The SMILES string of the molecule is Cc1n[nH]c(C)c1CCc1cc(=O)n2ncc(C(=O)Nc3ccccc3)c2[nH]1. The Morgan fingerprint density at radius 1 is 1.18 bits per heavy atom. The Morgan fingerprint density at radius 3 is 2.68 bits per heavy atom. The van der Waals surface area contributed by atoms with E-state index in [0.717, 1.165) is 29.1 Å². The fraction of sp³-hybridized carbons (Fsp3) is 0.200. The van der Waals surface area contributed by atoms with Crippen LogP contribution in [0.25, 0.3) is 5.65 Å². The molecule has 0 fully saturated rings. The Balaban J connectivity index is 1.63. The smallest absolute Gasteiger partial charge is 0.274 e. The first-order chi connectivity index (χ1) is 13.5. The normalized spacial score (nSPS) is 11.1. The lowest BCUT2D eigenvalue weighted by atomic mass is 10.1. The number of aryl methyl sites for hydroxylation is 3. The maximum atomic E-state index is 12.6. The third kappa shape index (κ3) is 3.32. The van der Waals surface area contributed by atoms with Crippen molar-refractivity contribution in [2.24, 2.45) is 0 Å². The number of rotatable bonds is 5. The molecule has 28 heavy (non-hydrogen) atoms. The summed E-state index contributed by atoms with van der Waals surface area (Å²) in [5, 5.41) is 14.0. The number of aromatic amines is 2. The van der Waals surface area contributed by atoms with Crippen LogP contribution >= 0.6 is 0 Å². The molecule has 142 valence electrons. The van der Waals surface area contributed by atoms with Crippen molar-refractivity contribution in [2.45, 2.75) is 26.7 Å². The van der Waals surface area contributed by atoms with Crippen LogP contribution in [0.15, 0.2) is 47.4 Å². The highest BCUT2D eigenvalue weighted by Crippen LogP contribution is 2.14. The Kier molecular flexibility index (Phi) is 4.52. The predicted molar refractivity (Wildman–Crippen MR) is 106 cm³/mol. The quantitative estimate of drug-likeness (QED) is 0.497. The van der Waals surface area contributed by atoms with Gasteiger partial charge in [-0.1, -0.05) is 18.2 Å². The number of amides is 1. The molecule has 0 atom stereocenters. The molecule has 3 aromatic heterocycles. The summed E-state index contributed by atoms with van der Waals surface area (Å²) < 4.78 is 1.21. The highest BCUT2D eigenvalue weighted by atomic mass is 16.2. The Hall–Kier alpha value is -3.68. The highest BCUT2D eigenvalue weighted by molar-refractivity contribution is 6.08. The van der Waals surface area contributed by atoms with Crippen molar-refractivity contribution in [3.8, 4) is 0 Å². The summed E-state index contributed by atoms with van der Waals surface area (Å²) in [4.78, 5) is 28.3. The van der Waals surface area contributed by atoms with Crippen LogP contribution in [0.3, 0.4) is 0 Å². The van der Waals surface area contributed by atoms with E-state index < -0.39 is 0 Å². The number of carbonyl (C=O) groups is 1. The molecule has 4 aromatic rings. The third-order valence-electron chi connectivity index (χ3n) is 4.76. The summed E-state index contributed by atoms with van der Waals surface area (Å²) in [6, 6.07) is 10.7. The van der Waals surface area contributed by atoms with Crippen LogP contribution in [0.1, 0.15) is 33.0 Å². The van der Waals surface area contributed by atoms with Gasteiger partial charge in [-0.15, -0.1) is 0 Å². The average molecular weight is 376 g/mol. The standard InChI is InChI=1S/C20H20N6O2/c1-12-16(13(2)25-24-12)9-8-15-10-18(27)26-19(22-15)17(11-21-26)20(28)23-14-6-4-3-5-7-14/h3-7,10-11,22H,8-9H2,1-2H3,(H,23,28)(H,24,25). The molecule has 0 aliphatic rings. The number of H-pyrrole nitrogens is 2. The zero-order valence-corrected chi connectivity index (χ0v) is 15.6. The third-order valence-corrected chi connectivity index (χ3v) is 4.76. The van der Waals surface area contributed by atoms with E-state index in [2.05, 4.69) is 25.6 Å². The van der Waals surface area contributed by atoms with Crippen molar-refractivity contribution >= 4 is 17.2 Å². The fourth-order valence-corrected chi connectivity index (χ4v) is 3.26.